The number of rotatable bonds is 10. The Morgan fingerprint density at radius 2 is 1.54 bits per heavy atom. The summed E-state index contributed by atoms with van der Waals surface area (Å²) in [7, 11) is 1.25. The maximum atomic E-state index is 11.5. The van der Waals surface area contributed by atoms with Crippen LogP contribution >= 0.6 is 0 Å². The fourth-order valence-corrected chi connectivity index (χ4v) is 5.03. The molecule has 2 amide bonds. The zero-order valence-electron chi connectivity index (χ0n) is 31.2. The first-order valence-corrected chi connectivity index (χ1v) is 17.8. The third kappa shape index (κ3) is 16.6. The van der Waals surface area contributed by atoms with Gasteiger partial charge in [0.1, 0.15) is 12.3 Å². The van der Waals surface area contributed by atoms with E-state index in [1.807, 2.05) is 63.4 Å². The van der Waals surface area contributed by atoms with Crippen LogP contribution in [-0.2, 0) is 27.1 Å². The highest BCUT2D eigenvalue weighted by molar-refractivity contribution is 5.94. The number of para-hydroxylation sites is 1. The van der Waals surface area contributed by atoms with E-state index >= 15 is 0 Å². The first-order valence-electron chi connectivity index (χ1n) is 17.8. The molecule has 1 aliphatic heterocycles. The normalized spacial score (nSPS) is 12.7. The highest BCUT2D eigenvalue weighted by atomic mass is 16.5. The van der Waals surface area contributed by atoms with Gasteiger partial charge in [0.25, 0.3) is 0 Å². The summed E-state index contributed by atoms with van der Waals surface area (Å²) in [6.45, 7) is 15.3. The van der Waals surface area contributed by atoms with Gasteiger partial charge in [0.05, 0.1) is 26.4 Å². The zero-order valence-corrected chi connectivity index (χ0v) is 31.2. The number of hydrogen-bond donors (Lipinski definition) is 4. The van der Waals surface area contributed by atoms with E-state index in [-0.39, 0.29) is 18.6 Å². The predicted octanol–water partition coefficient (Wildman–Crippen LogP) is 8.57. The average Bonchev–Trinajstić information content (AvgIpc) is 3.69. The van der Waals surface area contributed by atoms with Crippen LogP contribution in [-0.4, -0.2) is 63.0 Å². The van der Waals surface area contributed by atoms with Crippen molar-refractivity contribution in [2.75, 3.05) is 45.3 Å². The van der Waals surface area contributed by atoms with E-state index in [0.29, 0.717) is 6.61 Å². The average molecular weight is 709 g/mol. The second kappa shape index (κ2) is 26.4. The minimum atomic E-state index is -0.621. The van der Waals surface area contributed by atoms with Crippen molar-refractivity contribution in [3.63, 3.8) is 0 Å². The fraction of sp³-hybridized carbons (Fsp3) is 0.302. The van der Waals surface area contributed by atoms with E-state index in [2.05, 4.69) is 112 Å². The topological polar surface area (TPSA) is 114 Å². The van der Waals surface area contributed by atoms with Gasteiger partial charge < -0.3 is 35.1 Å². The molecule has 1 aromatic heterocycles. The molecular formula is C43H56N4O5. The second-order valence-corrected chi connectivity index (χ2v) is 11.1. The van der Waals surface area contributed by atoms with Gasteiger partial charge in [-0.05, 0) is 59.2 Å². The van der Waals surface area contributed by atoms with Gasteiger partial charge >= 0.3 is 6.09 Å². The number of fused-ring (bicyclic) bond motifs is 1. The van der Waals surface area contributed by atoms with Crippen LogP contribution in [0.3, 0.4) is 0 Å². The van der Waals surface area contributed by atoms with Crippen molar-refractivity contribution in [1.82, 2.24) is 15.6 Å². The monoisotopic (exact) mass is 708 g/mol. The smallest absolute Gasteiger partial charge is 0.407 e. The summed E-state index contributed by atoms with van der Waals surface area (Å²) < 4.78 is 15.7. The summed E-state index contributed by atoms with van der Waals surface area (Å²) in [5.41, 5.74) is 5.68. The molecule has 0 radical (unpaired) electrons. The molecule has 1 atom stereocenters. The summed E-state index contributed by atoms with van der Waals surface area (Å²) >= 11 is 0. The number of aromatic nitrogens is 1. The molecule has 52 heavy (non-hydrogen) atoms. The number of carbonyl (C=O) groups is 2. The van der Waals surface area contributed by atoms with Crippen molar-refractivity contribution in [3.8, 4) is 5.75 Å². The Bertz CT molecular complexity index is 1630. The molecule has 6 rings (SSSR count). The largest absolute Gasteiger partial charge is 0.493 e. The Balaban J connectivity index is 0.000000260. The van der Waals surface area contributed by atoms with E-state index in [1.165, 1.54) is 23.6 Å². The molecule has 2 heterocycles. The number of H-pyrrole nitrogens is 1. The molecule has 0 bridgehead atoms. The third-order valence-corrected chi connectivity index (χ3v) is 7.58. The maximum Gasteiger partial charge on any atom is 0.407 e. The molecule has 1 aliphatic rings. The van der Waals surface area contributed by atoms with Gasteiger partial charge in [-0.1, -0.05) is 99.6 Å². The summed E-state index contributed by atoms with van der Waals surface area (Å²) in [5, 5.41) is 9.58. The predicted molar refractivity (Wildman–Crippen MR) is 214 cm³/mol. The second-order valence-electron chi connectivity index (χ2n) is 11.1. The molecule has 278 valence electrons. The van der Waals surface area contributed by atoms with Gasteiger partial charge in [-0.2, -0.15) is 0 Å². The van der Waals surface area contributed by atoms with Crippen LogP contribution in [0.15, 0.2) is 129 Å². The van der Waals surface area contributed by atoms with Gasteiger partial charge in [-0.15, -0.1) is 13.2 Å². The molecule has 0 unspecified atom stereocenters. The molecule has 4 aromatic carbocycles. The lowest BCUT2D eigenvalue weighted by atomic mass is 10.1. The molecule has 1 fully saturated rings. The Kier molecular flexibility index (Phi) is 21.7. The van der Waals surface area contributed by atoms with Crippen molar-refractivity contribution in [2.24, 2.45) is 0 Å². The SMILES string of the molecule is C=C.CC.CCc1ccccc1NC(=O)CNC(=O)OC.c1cc2ccc(OCC[C@@H]3CNCCO3)cc2[nH]1.c1ccc(Cc2ccccc2)cc1. The lowest BCUT2D eigenvalue weighted by molar-refractivity contribution is -0.115. The first-order chi connectivity index (χ1) is 25.5. The first kappa shape index (κ1) is 42.8. The maximum absolute atomic E-state index is 11.5. The van der Waals surface area contributed by atoms with E-state index in [1.54, 1.807) is 0 Å². The van der Waals surface area contributed by atoms with Gasteiger partial charge in [-0.3, -0.25) is 4.79 Å². The molecule has 0 saturated carbocycles. The number of amides is 2. The molecular weight excluding hydrogens is 652 g/mol. The number of hydrogen-bond acceptors (Lipinski definition) is 6. The van der Waals surface area contributed by atoms with Crippen LogP contribution in [0.25, 0.3) is 10.9 Å². The molecule has 5 aromatic rings. The summed E-state index contributed by atoms with van der Waals surface area (Å²) in [6, 6.07) is 36.8. The van der Waals surface area contributed by atoms with Crippen LogP contribution in [0.5, 0.6) is 5.75 Å². The van der Waals surface area contributed by atoms with E-state index in [0.717, 1.165) is 61.5 Å². The lowest BCUT2D eigenvalue weighted by Crippen LogP contribution is -2.39. The summed E-state index contributed by atoms with van der Waals surface area (Å²) in [6.07, 6.45) is 4.39. The standard InChI is InChI=1S/C14H18N2O2.C13H12.C12H16N2O3.C2H6.C2H4/c1-2-12(9-14-11(1)3-5-16-14)17-7-4-13-10-15-6-8-18-13;1-3-7-12(8-4-1)11-13-9-5-2-6-10-13;1-3-9-6-4-5-7-10(9)14-11(15)8-13-12(16)17-2;2*1-2/h1-3,5,9,13,15-16H,4,6-8,10H2;1-10H,11H2;4-7H,3,8H2,1-2H3,(H,13,16)(H,14,15);1-2H3;1-2H2/t13-;;;;/m1..../s1. The van der Waals surface area contributed by atoms with Gasteiger partial charge in [0.2, 0.25) is 5.91 Å². The minimum absolute atomic E-state index is 0.106. The van der Waals surface area contributed by atoms with Crippen molar-refractivity contribution in [3.05, 3.63) is 145 Å². The van der Waals surface area contributed by atoms with Crippen molar-refractivity contribution in [2.45, 2.75) is 46.1 Å². The number of morpholine rings is 1. The Morgan fingerprint density at radius 3 is 2.15 bits per heavy atom. The van der Waals surface area contributed by atoms with Gasteiger partial charge in [0, 0.05) is 43.0 Å². The number of anilines is 1. The number of nitrogens with one attached hydrogen (secondary N) is 4. The zero-order chi connectivity index (χ0) is 37.8. The number of benzene rings is 4. The molecule has 9 heteroatoms. The number of aromatic amines is 1. The highest BCUT2D eigenvalue weighted by Gasteiger charge is 2.13. The molecule has 4 N–H and O–H groups in total. The van der Waals surface area contributed by atoms with Crippen LogP contribution in [0.2, 0.25) is 0 Å². The number of methoxy groups -OCH3 is 1. The number of alkyl carbamates (subject to hydrolysis) is 1. The third-order valence-electron chi connectivity index (χ3n) is 7.58. The molecule has 0 aliphatic carbocycles. The van der Waals surface area contributed by atoms with Crippen molar-refractivity contribution >= 4 is 28.6 Å². The fourth-order valence-electron chi connectivity index (χ4n) is 5.03. The molecule has 9 nitrogen and oxygen atoms in total. The quantitative estimate of drug-likeness (QED) is 0.108. The molecule has 1 saturated heterocycles. The summed E-state index contributed by atoms with van der Waals surface area (Å²) in [5.74, 6) is 0.630. The van der Waals surface area contributed by atoms with Crippen LogP contribution in [0.4, 0.5) is 10.5 Å². The van der Waals surface area contributed by atoms with Crippen LogP contribution in [0, 0.1) is 0 Å². The minimum Gasteiger partial charge on any atom is -0.493 e. The number of carbonyl (C=O) groups excluding carboxylic acids is 2. The van der Waals surface area contributed by atoms with E-state index in [4.69, 9.17) is 9.47 Å². The van der Waals surface area contributed by atoms with E-state index < -0.39 is 6.09 Å². The Labute approximate surface area is 309 Å². The Morgan fingerprint density at radius 1 is 0.885 bits per heavy atom. The lowest BCUT2D eigenvalue weighted by Gasteiger charge is -2.23. The number of ether oxygens (including phenoxy) is 3. The van der Waals surface area contributed by atoms with Crippen molar-refractivity contribution in [1.29, 1.82) is 0 Å². The highest BCUT2D eigenvalue weighted by Crippen LogP contribution is 2.20. The van der Waals surface area contributed by atoms with E-state index in [9.17, 15) is 9.59 Å². The van der Waals surface area contributed by atoms with Crippen LogP contribution < -0.4 is 20.7 Å². The van der Waals surface area contributed by atoms with Gasteiger partial charge in [-0.25, -0.2) is 4.79 Å². The van der Waals surface area contributed by atoms with Gasteiger partial charge in [0.15, 0.2) is 0 Å². The Hall–Kier alpha value is -5.38. The molecule has 0 spiro atoms. The van der Waals surface area contributed by atoms with Crippen molar-refractivity contribution < 1.29 is 23.8 Å². The number of aryl methyl sites for hydroxylation is 1. The van der Waals surface area contributed by atoms with Crippen LogP contribution in [0.1, 0.15) is 43.9 Å². The summed E-state index contributed by atoms with van der Waals surface area (Å²) in [4.78, 5) is 25.5.